The summed E-state index contributed by atoms with van der Waals surface area (Å²) in [6.45, 7) is 0.343. The molecule has 2 aromatic carbocycles. The first-order valence-electron chi connectivity index (χ1n) is 9.02. The average Bonchev–Trinajstić information content (AvgIpc) is 2.92. The van der Waals surface area contributed by atoms with Gasteiger partial charge in [-0.2, -0.15) is 0 Å². The lowest BCUT2D eigenvalue weighted by Crippen LogP contribution is -2.43. The molecule has 3 nitrogen and oxygen atoms in total. The number of carbonyl (C=O) groups excluding carboxylic acids is 1. The molecule has 2 aliphatic heterocycles. The summed E-state index contributed by atoms with van der Waals surface area (Å²) in [5.41, 5.74) is 3.82. The molecule has 0 spiro atoms. The molecule has 3 heteroatoms. The lowest BCUT2D eigenvalue weighted by Gasteiger charge is -2.33. The van der Waals surface area contributed by atoms with E-state index in [0.29, 0.717) is 6.61 Å². The van der Waals surface area contributed by atoms with Crippen molar-refractivity contribution >= 4 is 6.09 Å². The van der Waals surface area contributed by atoms with Crippen LogP contribution in [0.25, 0.3) is 0 Å². The first kappa shape index (κ1) is 15.9. The molecule has 25 heavy (non-hydrogen) atoms. The van der Waals surface area contributed by atoms with E-state index < -0.39 is 0 Å². The highest BCUT2D eigenvalue weighted by Crippen LogP contribution is 2.36. The Bertz CT molecular complexity index is 754. The Kier molecular flexibility index (Phi) is 4.55. The van der Waals surface area contributed by atoms with Crippen LogP contribution >= 0.6 is 0 Å². The van der Waals surface area contributed by atoms with Crippen molar-refractivity contribution in [2.24, 2.45) is 0 Å². The van der Waals surface area contributed by atoms with Crippen LogP contribution < -0.4 is 0 Å². The molecule has 0 unspecified atom stereocenters. The van der Waals surface area contributed by atoms with Crippen LogP contribution in [0.2, 0.25) is 0 Å². The highest BCUT2D eigenvalue weighted by atomic mass is 16.6. The number of benzene rings is 2. The van der Waals surface area contributed by atoms with E-state index in [1.54, 1.807) is 0 Å². The maximum atomic E-state index is 12.6. The van der Waals surface area contributed by atoms with Crippen molar-refractivity contribution in [1.82, 2.24) is 4.90 Å². The zero-order chi connectivity index (χ0) is 17.1. The minimum atomic E-state index is -0.175. The van der Waals surface area contributed by atoms with Crippen molar-refractivity contribution in [2.75, 3.05) is 0 Å². The maximum absolute atomic E-state index is 12.6. The Labute approximate surface area is 148 Å². The second kappa shape index (κ2) is 7.14. The van der Waals surface area contributed by atoms with Crippen molar-refractivity contribution in [3.05, 3.63) is 83.4 Å². The summed E-state index contributed by atoms with van der Waals surface area (Å²) < 4.78 is 5.56. The Balaban J connectivity index is 1.40. The standard InChI is InChI=1S/C22H23NO2/c24-22(25-16-18-9-5-2-6-10-18)23-20-11-12-21(23)15-19(14-20)13-17-7-3-1-4-8-17/h1-10,14,20-21H,11-13,15-16H2/t20-,21+/m0/s1. The number of amides is 1. The number of fused-ring (bicyclic) bond motifs is 2. The lowest BCUT2D eigenvalue weighted by atomic mass is 9.95. The van der Waals surface area contributed by atoms with Gasteiger partial charge in [0.15, 0.2) is 0 Å². The van der Waals surface area contributed by atoms with Gasteiger partial charge in [0.05, 0.1) is 6.04 Å². The quantitative estimate of drug-likeness (QED) is 0.757. The van der Waals surface area contributed by atoms with Crippen LogP contribution in [0, 0.1) is 0 Å². The predicted octanol–water partition coefficient (Wildman–Crippen LogP) is 4.73. The summed E-state index contributed by atoms with van der Waals surface area (Å²) in [6, 6.07) is 20.9. The fourth-order valence-corrected chi connectivity index (χ4v) is 3.99. The molecule has 0 aliphatic carbocycles. The number of nitrogens with zero attached hydrogens (tertiary/aromatic N) is 1. The van der Waals surface area contributed by atoms with Crippen molar-refractivity contribution in [2.45, 2.75) is 44.4 Å². The molecule has 2 bridgehead atoms. The van der Waals surface area contributed by atoms with Gasteiger partial charge in [0, 0.05) is 6.04 Å². The van der Waals surface area contributed by atoms with Crippen LogP contribution in [0.5, 0.6) is 0 Å². The normalized spacial score (nSPS) is 21.8. The van der Waals surface area contributed by atoms with Crippen LogP contribution in [0.15, 0.2) is 72.3 Å². The van der Waals surface area contributed by atoms with E-state index in [0.717, 1.165) is 31.2 Å². The van der Waals surface area contributed by atoms with Crippen LogP contribution in [0.3, 0.4) is 0 Å². The maximum Gasteiger partial charge on any atom is 0.410 e. The molecule has 128 valence electrons. The molecule has 1 fully saturated rings. The average molecular weight is 333 g/mol. The molecule has 2 aliphatic rings. The SMILES string of the molecule is O=C(OCc1ccccc1)N1[C@@H]2CC[C@H]1C=C(Cc1ccccc1)C2. The van der Waals surface area contributed by atoms with E-state index in [1.807, 2.05) is 41.3 Å². The van der Waals surface area contributed by atoms with E-state index in [2.05, 4.69) is 30.3 Å². The summed E-state index contributed by atoms with van der Waals surface area (Å²) in [4.78, 5) is 14.5. The minimum absolute atomic E-state index is 0.175. The highest BCUT2D eigenvalue weighted by Gasteiger charge is 2.40. The molecule has 0 aromatic heterocycles. The van der Waals surface area contributed by atoms with Gasteiger partial charge in [-0.15, -0.1) is 0 Å². The predicted molar refractivity (Wildman–Crippen MR) is 98.1 cm³/mol. The van der Waals surface area contributed by atoms with Crippen LogP contribution in [0.1, 0.15) is 30.4 Å². The van der Waals surface area contributed by atoms with Gasteiger partial charge in [0.25, 0.3) is 0 Å². The molecule has 1 amide bonds. The van der Waals surface area contributed by atoms with Crippen LogP contribution in [0.4, 0.5) is 4.79 Å². The number of hydrogen-bond acceptors (Lipinski definition) is 2. The molecule has 4 rings (SSSR count). The van der Waals surface area contributed by atoms with Gasteiger partial charge >= 0.3 is 6.09 Å². The van der Waals surface area contributed by atoms with Gasteiger partial charge in [0.1, 0.15) is 6.61 Å². The van der Waals surface area contributed by atoms with E-state index in [9.17, 15) is 4.79 Å². The minimum Gasteiger partial charge on any atom is -0.445 e. The molecule has 2 atom stereocenters. The third-order valence-corrected chi connectivity index (χ3v) is 5.16. The zero-order valence-electron chi connectivity index (χ0n) is 14.3. The van der Waals surface area contributed by atoms with Gasteiger partial charge in [-0.3, -0.25) is 4.90 Å². The lowest BCUT2D eigenvalue weighted by molar-refractivity contribution is 0.0816. The zero-order valence-corrected chi connectivity index (χ0v) is 14.3. The van der Waals surface area contributed by atoms with E-state index in [4.69, 9.17) is 4.74 Å². The van der Waals surface area contributed by atoms with Crippen molar-refractivity contribution < 1.29 is 9.53 Å². The smallest absolute Gasteiger partial charge is 0.410 e. The van der Waals surface area contributed by atoms with E-state index >= 15 is 0 Å². The van der Waals surface area contributed by atoms with Gasteiger partial charge < -0.3 is 4.74 Å². The first-order valence-corrected chi connectivity index (χ1v) is 9.02. The Hall–Kier alpha value is -2.55. The molecular weight excluding hydrogens is 310 g/mol. The van der Waals surface area contributed by atoms with Crippen LogP contribution in [-0.2, 0) is 17.8 Å². The Morgan fingerprint density at radius 2 is 1.64 bits per heavy atom. The summed E-state index contributed by atoms with van der Waals surface area (Å²) in [5.74, 6) is 0. The monoisotopic (exact) mass is 333 g/mol. The number of rotatable bonds is 4. The number of carbonyl (C=O) groups is 1. The number of ether oxygens (including phenoxy) is 1. The Morgan fingerprint density at radius 1 is 0.960 bits per heavy atom. The van der Waals surface area contributed by atoms with Crippen LogP contribution in [-0.4, -0.2) is 23.1 Å². The molecule has 0 N–H and O–H groups in total. The number of hydrogen-bond donors (Lipinski definition) is 0. The van der Waals surface area contributed by atoms with Gasteiger partial charge in [-0.05, 0) is 36.8 Å². The molecule has 0 radical (unpaired) electrons. The van der Waals surface area contributed by atoms with Crippen molar-refractivity contribution in [3.63, 3.8) is 0 Å². The summed E-state index contributed by atoms with van der Waals surface area (Å²) >= 11 is 0. The van der Waals surface area contributed by atoms with E-state index in [-0.39, 0.29) is 18.2 Å². The fourth-order valence-electron chi connectivity index (χ4n) is 3.99. The third kappa shape index (κ3) is 3.60. The summed E-state index contributed by atoms with van der Waals surface area (Å²) in [5, 5.41) is 0. The van der Waals surface area contributed by atoms with Crippen molar-refractivity contribution in [1.29, 1.82) is 0 Å². The molecule has 0 saturated carbocycles. The highest BCUT2D eigenvalue weighted by molar-refractivity contribution is 5.70. The van der Waals surface area contributed by atoms with E-state index in [1.165, 1.54) is 11.1 Å². The summed E-state index contributed by atoms with van der Waals surface area (Å²) in [6.07, 6.45) is 6.18. The molecular formula is C22H23NO2. The fraction of sp³-hybridized carbons (Fsp3) is 0.318. The topological polar surface area (TPSA) is 29.5 Å². The molecule has 1 saturated heterocycles. The second-order valence-electron chi connectivity index (χ2n) is 6.94. The molecule has 2 aromatic rings. The molecule has 2 heterocycles. The van der Waals surface area contributed by atoms with Gasteiger partial charge in [-0.25, -0.2) is 4.79 Å². The third-order valence-electron chi connectivity index (χ3n) is 5.16. The first-order chi connectivity index (χ1) is 12.3. The Morgan fingerprint density at radius 3 is 2.32 bits per heavy atom. The second-order valence-corrected chi connectivity index (χ2v) is 6.94. The summed E-state index contributed by atoms with van der Waals surface area (Å²) in [7, 11) is 0. The van der Waals surface area contributed by atoms with Crippen molar-refractivity contribution in [3.8, 4) is 0 Å². The van der Waals surface area contributed by atoms with Gasteiger partial charge in [-0.1, -0.05) is 72.3 Å². The van der Waals surface area contributed by atoms with Gasteiger partial charge in [0.2, 0.25) is 0 Å². The largest absolute Gasteiger partial charge is 0.445 e.